The average molecular weight is 298 g/mol. The van der Waals surface area contributed by atoms with Gasteiger partial charge < -0.3 is 14.9 Å². The third kappa shape index (κ3) is 4.41. The number of halogens is 2. The molecule has 1 heterocycles. The van der Waals surface area contributed by atoms with Crippen molar-refractivity contribution in [1.29, 1.82) is 0 Å². The molecule has 1 aromatic rings. The number of aliphatic hydroxyl groups excluding tert-OH is 1. The monoisotopic (exact) mass is 298 g/mol. The van der Waals surface area contributed by atoms with Crippen molar-refractivity contribution in [2.45, 2.75) is 19.9 Å². The van der Waals surface area contributed by atoms with Crippen molar-refractivity contribution in [3.05, 3.63) is 41.6 Å². The molecule has 0 spiro atoms. The van der Waals surface area contributed by atoms with Gasteiger partial charge in [0.2, 0.25) is 0 Å². The van der Waals surface area contributed by atoms with E-state index in [0.717, 1.165) is 17.7 Å². The lowest BCUT2D eigenvalue weighted by Crippen LogP contribution is -2.36. The Morgan fingerprint density at radius 1 is 1.38 bits per heavy atom. The maximum atomic E-state index is 12.2. The third-order valence-corrected chi connectivity index (χ3v) is 3.27. The van der Waals surface area contributed by atoms with E-state index in [0.29, 0.717) is 18.8 Å². The Labute approximate surface area is 123 Å². The van der Waals surface area contributed by atoms with Crippen molar-refractivity contribution in [3.63, 3.8) is 0 Å². The highest BCUT2D eigenvalue weighted by Gasteiger charge is 2.16. The molecule has 0 fully saturated rings. The molecule has 1 aromatic carbocycles. The molecule has 1 aliphatic rings. The van der Waals surface area contributed by atoms with E-state index < -0.39 is 13.0 Å². The lowest BCUT2D eigenvalue weighted by molar-refractivity contribution is 0.0284. The van der Waals surface area contributed by atoms with Crippen LogP contribution in [0, 0.1) is 6.92 Å². The number of hydrazine groups is 1. The van der Waals surface area contributed by atoms with Gasteiger partial charge in [0.1, 0.15) is 12.4 Å². The van der Waals surface area contributed by atoms with Gasteiger partial charge in [-0.3, -0.25) is 0 Å². The summed E-state index contributed by atoms with van der Waals surface area (Å²) in [5.74, 6) is 0.494. The second kappa shape index (κ2) is 7.38. The predicted molar refractivity (Wildman–Crippen MR) is 76.0 cm³/mol. The number of rotatable bonds is 7. The van der Waals surface area contributed by atoms with Crippen molar-refractivity contribution in [3.8, 4) is 5.75 Å². The molecule has 21 heavy (non-hydrogen) atoms. The summed E-state index contributed by atoms with van der Waals surface area (Å²) in [7, 11) is 0. The zero-order chi connectivity index (χ0) is 15.2. The first-order valence-corrected chi connectivity index (χ1v) is 6.89. The highest BCUT2D eigenvalue weighted by molar-refractivity contribution is 5.36. The van der Waals surface area contributed by atoms with Crippen LogP contribution in [-0.2, 0) is 6.54 Å². The van der Waals surface area contributed by atoms with Crippen LogP contribution in [0.5, 0.6) is 5.75 Å². The molecule has 0 bridgehead atoms. The number of aliphatic hydroxyl groups is 1. The van der Waals surface area contributed by atoms with E-state index in [9.17, 15) is 8.78 Å². The van der Waals surface area contributed by atoms with Crippen LogP contribution in [-0.4, -0.2) is 47.9 Å². The van der Waals surface area contributed by atoms with Gasteiger partial charge in [-0.05, 0) is 24.1 Å². The minimum atomic E-state index is -2.48. The average Bonchev–Trinajstić information content (AvgIpc) is 2.87. The summed E-state index contributed by atoms with van der Waals surface area (Å²) in [5, 5.41) is 13.0. The summed E-state index contributed by atoms with van der Waals surface area (Å²) in [6.07, 6.45) is 1.47. The molecule has 1 N–H and O–H groups in total. The van der Waals surface area contributed by atoms with Crippen molar-refractivity contribution in [2.75, 3.05) is 26.3 Å². The van der Waals surface area contributed by atoms with E-state index in [1.807, 2.05) is 36.3 Å². The van der Waals surface area contributed by atoms with Gasteiger partial charge in [0.05, 0.1) is 13.2 Å². The van der Waals surface area contributed by atoms with Crippen LogP contribution in [0.2, 0.25) is 0 Å². The number of hydrogen-bond donors (Lipinski definition) is 1. The molecule has 0 unspecified atom stereocenters. The number of nitrogens with zero attached hydrogens (tertiary/aromatic N) is 2. The fraction of sp³-hybridized carbons (Fsp3) is 0.467. The van der Waals surface area contributed by atoms with Gasteiger partial charge in [-0.1, -0.05) is 18.2 Å². The number of hydrogen-bond acceptors (Lipinski definition) is 4. The molecule has 2 rings (SSSR count). The molecule has 0 radical (unpaired) electrons. The van der Waals surface area contributed by atoms with E-state index in [4.69, 9.17) is 9.84 Å². The van der Waals surface area contributed by atoms with Gasteiger partial charge in [0, 0.05) is 19.3 Å². The minimum absolute atomic E-state index is 0.0808. The maximum Gasteiger partial charge on any atom is 0.272 e. The van der Waals surface area contributed by atoms with E-state index in [2.05, 4.69) is 5.01 Å². The van der Waals surface area contributed by atoms with Crippen LogP contribution in [0.25, 0.3) is 0 Å². The molecule has 0 amide bonds. The highest BCUT2D eigenvalue weighted by atomic mass is 19.3. The zero-order valence-corrected chi connectivity index (χ0v) is 12.0. The van der Waals surface area contributed by atoms with Crippen LogP contribution in [0.15, 0.2) is 30.5 Å². The molecule has 0 aromatic heterocycles. The second-order valence-electron chi connectivity index (χ2n) is 4.92. The van der Waals surface area contributed by atoms with E-state index in [-0.39, 0.29) is 6.61 Å². The van der Waals surface area contributed by atoms with Gasteiger partial charge in [0.15, 0.2) is 0 Å². The molecule has 0 saturated heterocycles. The summed E-state index contributed by atoms with van der Waals surface area (Å²) in [6, 6.07) is 5.63. The van der Waals surface area contributed by atoms with Crippen molar-refractivity contribution < 1.29 is 18.6 Å². The topological polar surface area (TPSA) is 35.9 Å². The lowest BCUT2D eigenvalue weighted by Gasteiger charge is -2.28. The molecule has 0 saturated carbocycles. The first-order valence-electron chi connectivity index (χ1n) is 6.89. The summed E-state index contributed by atoms with van der Waals surface area (Å²) < 4.78 is 29.6. The van der Waals surface area contributed by atoms with Gasteiger partial charge in [0.25, 0.3) is 6.43 Å². The predicted octanol–water partition coefficient (Wildman–Crippen LogP) is 2.18. The SMILES string of the molecule is Cc1ccc(CN2CC=CN2CCO)cc1OCC(F)F. The first-order chi connectivity index (χ1) is 10.1. The molecule has 0 aliphatic carbocycles. The van der Waals surface area contributed by atoms with Crippen LogP contribution >= 0.6 is 0 Å². The number of aryl methyl sites for hydroxylation is 1. The van der Waals surface area contributed by atoms with Crippen LogP contribution in [0.1, 0.15) is 11.1 Å². The zero-order valence-electron chi connectivity index (χ0n) is 12.0. The van der Waals surface area contributed by atoms with Crippen LogP contribution in [0.3, 0.4) is 0 Å². The van der Waals surface area contributed by atoms with Crippen molar-refractivity contribution in [2.24, 2.45) is 0 Å². The summed E-state index contributed by atoms with van der Waals surface area (Å²) >= 11 is 0. The van der Waals surface area contributed by atoms with E-state index in [1.54, 1.807) is 6.07 Å². The third-order valence-electron chi connectivity index (χ3n) is 3.27. The highest BCUT2D eigenvalue weighted by Crippen LogP contribution is 2.22. The minimum Gasteiger partial charge on any atom is -0.487 e. The molecule has 1 aliphatic heterocycles. The van der Waals surface area contributed by atoms with E-state index in [1.165, 1.54) is 0 Å². The number of benzene rings is 1. The summed E-state index contributed by atoms with van der Waals surface area (Å²) in [4.78, 5) is 0. The van der Waals surface area contributed by atoms with Crippen LogP contribution < -0.4 is 4.74 Å². The Bertz CT molecular complexity index is 495. The maximum absolute atomic E-state index is 12.2. The Morgan fingerprint density at radius 3 is 2.90 bits per heavy atom. The largest absolute Gasteiger partial charge is 0.487 e. The molecule has 0 atom stereocenters. The second-order valence-corrected chi connectivity index (χ2v) is 4.92. The van der Waals surface area contributed by atoms with Crippen molar-refractivity contribution >= 4 is 0 Å². The normalized spacial score (nSPS) is 15.2. The molecule has 4 nitrogen and oxygen atoms in total. The Balaban J connectivity index is 2.01. The Kier molecular flexibility index (Phi) is 5.52. The summed E-state index contributed by atoms with van der Waals surface area (Å²) in [5.41, 5.74) is 1.82. The smallest absolute Gasteiger partial charge is 0.272 e. The Morgan fingerprint density at radius 2 is 2.19 bits per heavy atom. The van der Waals surface area contributed by atoms with Gasteiger partial charge >= 0.3 is 0 Å². The van der Waals surface area contributed by atoms with Crippen molar-refractivity contribution in [1.82, 2.24) is 10.0 Å². The number of β-amino-alcohol motifs (C(OH)–C–C–N with tert-alkyl or cyclic N) is 1. The number of ether oxygens (including phenoxy) is 1. The van der Waals surface area contributed by atoms with Gasteiger partial charge in [-0.2, -0.15) is 0 Å². The van der Waals surface area contributed by atoms with Gasteiger partial charge in [-0.15, -0.1) is 0 Å². The lowest BCUT2D eigenvalue weighted by atomic mass is 10.1. The Hall–Kier alpha value is -1.66. The number of alkyl halides is 2. The fourth-order valence-electron chi connectivity index (χ4n) is 2.23. The van der Waals surface area contributed by atoms with E-state index >= 15 is 0 Å². The first kappa shape index (κ1) is 15.7. The molecular formula is C15H20F2N2O2. The standard InChI is InChI=1S/C15H20F2N2O2/c1-12-3-4-13(9-14(12)21-11-15(16)17)10-19-6-2-5-18(19)7-8-20/h2-5,9,15,20H,6-8,10-11H2,1H3. The fourth-order valence-corrected chi connectivity index (χ4v) is 2.23. The molecule has 116 valence electrons. The van der Waals surface area contributed by atoms with Crippen LogP contribution in [0.4, 0.5) is 8.78 Å². The molecule has 6 heteroatoms. The summed E-state index contributed by atoms with van der Waals surface area (Å²) in [6.45, 7) is 3.26. The quantitative estimate of drug-likeness (QED) is 0.837. The van der Waals surface area contributed by atoms with Gasteiger partial charge in [-0.25, -0.2) is 13.8 Å². The molecular weight excluding hydrogens is 278 g/mol.